The third-order valence-corrected chi connectivity index (χ3v) is 4.30. The number of nitrogens with zero attached hydrogens (tertiary/aromatic N) is 1. The van der Waals surface area contributed by atoms with E-state index >= 15 is 0 Å². The molecule has 0 spiro atoms. The molecule has 1 rings (SSSR count). The Morgan fingerprint density at radius 2 is 1.73 bits per heavy atom. The summed E-state index contributed by atoms with van der Waals surface area (Å²) in [6, 6.07) is 9.24. The van der Waals surface area contributed by atoms with Gasteiger partial charge in [-0.2, -0.15) is 0 Å². The molecule has 4 heteroatoms. The lowest BCUT2D eigenvalue weighted by molar-refractivity contribution is 0.217. The van der Waals surface area contributed by atoms with Crippen molar-refractivity contribution >= 4 is 17.3 Å². The van der Waals surface area contributed by atoms with Gasteiger partial charge in [0.25, 0.3) is 0 Å². The first-order valence-corrected chi connectivity index (χ1v) is 8.72. The van der Waals surface area contributed by atoms with E-state index in [0.717, 1.165) is 24.8 Å². The third-order valence-electron chi connectivity index (χ3n) is 3.87. The number of benzene rings is 1. The molecule has 2 atom stereocenters. The predicted octanol–water partition coefficient (Wildman–Crippen LogP) is 4.97. The van der Waals surface area contributed by atoms with E-state index in [1.165, 1.54) is 25.7 Å². The average Bonchev–Trinajstić information content (AvgIpc) is 2.54. The summed E-state index contributed by atoms with van der Waals surface area (Å²) in [6.45, 7) is 2.21. The van der Waals surface area contributed by atoms with Crippen LogP contribution in [0.4, 0.5) is 0 Å². The van der Waals surface area contributed by atoms with Crippen LogP contribution in [0.2, 0.25) is 0 Å². The lowest BCUT2D eigenvalue weighted by Gasteiger charge is -2.15. The van der Waals surface area contributed by atoms with Gasteiger partial charge in [-0.25, -0.2) is 0 Å². The van der Waals surface area contributed by atoms with Gasteiger partial charge in [-0.05, 0) is 19.3 Å². The highest BCUT2D eigenvalue weighted by molar-refractivity contribution is 6.20. The molecule has 3 nitrogen and oxygen atoms in total. The van der Waals surface area contributed by atoms with Gasteiger partial charge in [0, 0.05) is 10.9 Å². The molecule has 0 saturated heterocycles. The van der Waals surface area contributed by atoms with Crippen LogP contribution in [0, 0.1) is 0 Å². The smallest absolute Gasteiger partial charge is 0.115 e. The van der Waals surface area contributed by atoms with Crippen LogP contribution in [-0.4, -0.2) is 27.5 Å². The second kappa shape index (κ2) is 11.5. The number of halogens is 1. The van der Waals surface area contributed by atoms with Crippen molar-refractivity contribution in [2.24, 2.45) is 5.16 Å². The van der Waals surface area contributed by atoms with E-state index < -0.39 is 6.10 Å². The van der Waals surface area contributed by atoms with Crippen LogP contribution < -0.4 is 0 Å². The molecule has 0 amide bonds. The standard InChI is InChI=1S/C18H28ClNO2/c1-2-3-4-5-9-12-16(19)13-14-17(21)18(20-22)15-10-7-6-8-11-15/h6-8,10-11,16-17,21-22H,2-5,9,12-14H2,1H3. The molecule has 0 bridgehead atoms. The van der Waals surface area contributed by atoms with Crippen LogP contribution in [0.25, 0.3) is 0 Å². The van der Waals surface area contributed by atoms with Gasteiger partial charge in [0.05, 0.1) is 6.10 Å². The molecular weight excluding hydrogens is 298 g/mol. The molecule has 0 aliphatic heterocycles. The van der Waals surface area contributed by atoms with E-state index in [1.54, 1.807) is 0 Å². The summed E-state index contributed by atoms with van der Waals surface area (Å²) in [5.41, 5.74) is 1.05. The van der Waals surface area contributed by atoms with Gasteiger partial charge in [-0.1, -0.05) is 74.5 Å². The third kappa shape index (κ3) is 7.28. The highest BCUT2D eigenvalue weighted by Gasteiger charge is 2.17. The first-order chi connectivity index (χ1) is 10.7. The van der Waals surface area contributed by atoms with Crippen molar-refractivity contribution in [2.75, 3.05) is 0 Å². The number of aliphatic hydroxyl groups is 1. The minimum atomic E-state index is -0.784. The maximum Gasteiger partial charge on any atom is 0.115 e. The summed E-state index contributed by atoms with van der Waals surface area (Å²) in [5, 5.41) is 22.7. The van der Waals surface area contributed by atoms with Gasteiger partial charge in [0.2, 0.25) is 0 Å². The quantitative estimate of drug-likeness (QED) is 0.198. The Morgan fingerprint density at radius 3 is 2.36 bits per heavy atom. The van der Waals surface area contributed by atoms with Crippen LogP contribution in [0.5, 0.6) is 0 Å². The molecule has 2 N–H and O–H groups in total. The summed E-state index contributed by atoms with van der Waals surface area (Å²) in [4.78, 5) is 0. The molecule has 1 aromatic rings. The molecule has 22 heavy (non-hydrogen) atoms. The molecule has 0 heterocycles. The molecule has 0 aromatic heterocycles. The molecule has 0 saturated carbocycles. The second-order valence-electron chi connectivity index (χ2n) is 5.74. The van der Waals surface area contributed by atoms with E-state index in [1.807, 2.05) is 30.3 Å². The van der Waals surface area contributed by atoms with E-state index in [0.29, 0.717) is 12.1 Å². The Balaban J connectivity index is 2.30. The van der Waals surface area contributed by atoms with Crippen molar-refractivity contribution in [1.29, 1.82) is 0 Å². The lowest BCUT2D eigenvalue weighted by atomic mass is 9.99. The summed E-state index contributed by atoms with van der Waals surface area (Å²) >= 11 is 6.32. The van der Waals surface area contributed by atoms with Crippen LogP contribution in [0.1, 0.15) is 63.9 Å². The SMILES string of the molecule is CCCCCCCC(Cl)CCC(O)C(=NO)c1ccccc1. The molecule has 1 aromatic carbocycles. The van der Waals surface area contributed by atoms with Gasteiger partial charge in [0.15, 0.2) is 0 Å². The average molecular weight is 326 g/mol. The van der Waals surface area contributed by atoms with Crippen molar-refractivity contribution < 1.29 is 10.3 Å². The maximum atomic E-state index is 10.2. The van der Waals surface area contributed by atoms with Crippen molar-refractivity contribution in [1.82, 2.24) is 0 Å². The molecule has 2 unspecified atom stereocenters. The normalized spacial score (nSPS) is 14.8. The number of rotatable bonds is 11. The topological polar surface area (TPSA) is 52.8 Å². The highest BCUT2D eigenvalue weighted by atomic mass is 35.5. The zero-order valence-corrected chi connectivity index (χ0v) is 14.2. The molecule has 0 fully saturated rings. The molecular formula is C18H28ClNO2. The molecule has 0 radical (unpaired) electrons. The van der Waals surface area contributed by atoms with E-state index in [4.69, 9.17) is 16.8 Å². The number of aliphatic hydroxyl groups excluding tert-OH is 1. The Hall–Kier alpha value is -1.06. The van der Waals surface area contributed by atoms with Crippen molar-refractivity contribution in [3.05, 3.63) is 35.9 Å². The van der Waals surface area contributed by atoms with Gasteiger partial charge >= 0.3 is 0 Å². The summed E-state index contributed by atoms with van der Waals surface area (Å²) < 4.78 is 0. The predicted molar refractivity (Wildman–Crippen MR) is 93.0 cm³/mol. The van der Waals surface area contributed by atoms with Crippen molar-refractivity contribution in [3.8, 4) is 0 Å². The van der Waals surface area contributed by atoms with Crippen LogP contribution in [0.15, 0.2) is 35.5 Å². The number of unbranched alkanes of at least 4 members (excludes halogenated alkanes) is 4. The van der Waals surface area contributed by atoms with Gasteiger partial charge in [0.1, 0.15) is 5.71 Å². The summed E-state index contributed by atoms with van der Waals surface area (Å²) in [7, 11) is 0. The monoisotopic (exact) mass is 325 g/mol. The van der Waals surface area contributed by atoms with Gasteiger partial charge in [-0.3, -0.25) is 0 Å². The Bertz CT molecular complexity index is 422. The number of alkyl halides is 1. The largest absolute Gasteiger partial charge is 0.411 e. The summed E-state index contributed by atoms with van der Waals surface area (Å²) in [6.07, 6.45) is 7.62. The van der Waals surface area contributed by atoms with E-state index in [2.05, 4.69) is 12.1 Å². The lowest BCUT2D eigenvalue weighted by Crippen LogP contribution is -2.22. The van der Waals surface area contributed by atoms with Crippen LogP contribution >= 0.6 is 11.6 Å². The zero-order valence-electron chi connectivity index (χ0n) is 13.4. The second-order valence-corrected chi connectivity index (χ2v) is 6.36. The first-order valence-electron chi connectivity index (χ1n) is 8.28. The summed E-state index contributed by atoms with van der Waals surface area (Å²) in [5.74, 6) is 0. The fourth-order valence-electron chi connectivity index (χ4n) is 2.51. The zero-order chi connectivity index (χ0) is 16.2. The minimum Gasteiger partial charge on any atom is -0.411 e. The van der Waals surface area contributed by atoms with E-state index in [9.17, 15) is 5.11 Å². The van der Waals surface area contributed by atoms with Gasteiger partial charge < -0.3 is 10.3 Å². The highest BCUT2D eigenvalue weighted by Crippen LogP contribution is 2.18. The number of oxime groups is 1. The van der Waals surface area contributed by atoms with E-state index in [-0.39, 0.29) is 5.38 Å². The number of hydrogen-bond donors (Lipinski definition) is 2. The maximum absolute atomic E-state index is 10.2. The Kier molecular flexibility index (Phi) is 9.93. The first kappa shape index (κ1) is 19.0. The van der Waals surface area contributed by atoms with Crippen molar-refractivity contribution in [3.63, 3.8) is 0 Å². The number of hydrogen-bond acceptors (Lipinski definition) is 3. The van der Waals surface area contributed by atoms with Crippen LogP contribution in [-0.2, 0) is 0 Å². The minimum absolute atomic E-state index is 0.0759. The Labute approximate surface area is 139 Å². The Morgan fingerprint density at radius 1 is 1.05 bits per heavy atom. The fraction of sp³-hybridized carbons (Fsp3) is 0.611. The molecule has 0 aliphatic rings. The van der Waals surface area contributed by atoms with Crippen molar-refractivity contribution in [2.45, 2.75) is 69.8 Å². The molecule has 124 valence electrons. The molecule has 0 aliphatic carbocycles. The fourth-order valence-corrected chi connectivity index (χ4v) is 2.80. The van der Waals surface area contributed by atoms with Crippen LogP contribution in [0.3, 0.4) is 0 Å². The van der Waals surface area contributed by atoms with Gasteiger partial charge in [-0.15, -0.1) is 11.6 Å².